The summed E-state index contributed by atoms with van der Waals surface area (Å²) in [7, 11) is 1.53. The molecular weight excluding hydrogens is 347 g/mol. The molecule has 0 N–H and O–H groups in total. The van der Waals surface area contributed by atoms with Crippen molar-refractivity contribution in [3.8, 4) is 0 Å². The number of carbonyl (C=O) groups is 1. The molecule has 0 radical (unpaired) electrons. The molecule has 27 heavy (non-hydrogen) atoms. The monoisotopic (exact) mass is 372 g/mol. The van der Waals surface area contributed by atoms with E-state index in [0.29, 0.717) is 38.4 Å². The highest BCUT2D eigenvalue weighted by Crippen LogP contribution is 2.25. The van der Waals surface area contributed by atoms with Crippen LogP contribution in [0.15, 0.2) is 24.3 Å². The normalized spacial score (nSPS) is 14.5. The van der Waals surface area contributed by atoms with Crippen molar-refractivity contribution in [1.82, 2.24) is 14.9 Å². The molecule has 0 unspecified atom stereocenters. The molecule has 0 atom stereocenters. The van der Waals surface area contributed by atoms with Crippen molar-refractivity contribution in [3.63, 3.8) is 0 Å². The SMILES string of the molecule is COCC(=O)N1CCN(c2nc(C)nc(C)c2Cc2cccc(F)c2)CC1. The molecule has 0 saturated carbocycles. The van der Waals surface area contributed by atoms with Crippen LogP contribution in [0.4, 0.5) is 10.2 Å². The van der Waals surface area contributed by atoms with Crippen LogP contribution in [0.5, 0.6) is 0 Å². The Labute approximate surface area is 159 Å². The topological polar surface area (TPSA) is 58.6 Å². The van der Waals surface area contributed by atoms with Crippen LogP contribution in [-0.4, -0.2) is 60.7 Å². The van der Waals surface area contributed by atoms with Crippen molar-refractivity contribution in [2.24, 2.45) is 0 Å². The fourth-order valence-electron chi connectivity index (χ4n) is 3.42. The van der Waals surface area contributed by atoms with Gasteiger partial charge in [0.1, 0.15) is 24.1 Å². The number of carbonyl (C=O) groups excluding carboxylic acids is 1. The number of amides is 1. The summed E-state index contributed by atoms with van der Waals surface area (Å²) in [5.41, 5.74) is 2.79. The van der Waals surface area contributed by atoms with Crippen LogP contribution in [0.1, 0.15) is 22.6 Å². The van der Waals surface area contributed by atoms with E-state index in [4.69, 9.17) is 4.74 Å². The molecule has 0 bridgehead atoms. The lowest BCUT2D eigenvalue weighted by Crippen LogP contribution is -2.50. The largest absolute Gasteiger partial charge is 0.375 e. The number of hydrogen-bond acceptors (Lipinski definition) is 5. The maximum atomic E-state index is 13.6. The molecule has 1 aromatic carbocycles. The highest BCUT2D eigenvalue weighted by Gasteiger charge is 2.24. The Morgan fingerprint density at radius 2 is 1.93 bits per heavy atom. The highest BCUT2D eigenvalue weighted by atomic mass is 19.1. The van der Waals surface area contributed by atoms with Crippen LogP contribution in [-0.2, 0) is 16.0 Å². The lowest BCUT2D eigenvalue weighted by molar-refractivity contribution is -0.135. The molecule has 0 spiro atoms. The number of piperazine rings is 1. The summed E-state index contributed by atoms with van der Waals surface area (Å²) in [5.74, 6) is 1.35. The molecule has 1 fully saturated rings. The van der Waals surface area contributed by atoms with Gasteiger partial charge in [-0.15, -0.1) is 0 Å². The van der Waals surface area contributed by atoms with E-state index >= 15 is 0 Å². The van der Waals surface area contributed by atoms with E-state index in [1.165, 1.54) is 13.2 Å². The van der Waals surface area contributed by atoms with Crippen LogP contribution in [0.2, 0.25) is 0 Å². The number of nitrogens with zero attached hydrogens (tertiary/aromatic N) is 4. The second kappa shape index (κ2) is 8.43. The maximum absolute atomic E-state index is 13.6. The zero-order chi connectivity index (χ0) is 19.4. The van der Waals surface area contributed by atoms with Gasteiger partial charge in [-0.3, -0.25) is 4.79 Å². The highest BCUT2D eigenvalue weighted by molar-refractivity contribution is 5.77. The molecule has 144 valence electrons. The van der Waals surface area contributed by atoms with Gasteiger partial charge in [-0.25, -0.2) is 14.4 Å². The number of aromatic nitrogens is 2. The van der Waals surface area contributed by atoms with Gasteiger partial charge in [-0.1, -0.05) is 12.1 Å². The Morgan fingerprint density at radius 3 is 2.59 bits per heavy atom. The standard InChI is InChI=1S/C20H25FN4O2/c1-14-18(12-16-5-4-6-17(21)11-16)20(23-15(2)22-14)25-9-7-24(8-10-25)19(26)13-27-3/h4-6,11H,7-10,12-13H2,1-3H3. The number of benzene rings is 1. The van der Waals surface area contributed by atoms with Gasteiger partial charge in [-0.05, 0) is 31.5 Å². The lowest BCUT2D eigenvalue weighted by Gasteiger charge is -2.36. The second-order valence-corrected chi connectivity index (χ2v) is 6.77. The third-order valence-corrected chi connectivity index (χ3v) is 4.77. The number of rotatable bonds is 5. The van der Waals surface area contributed by atoms with Crippen molar-refractivity contribution in [2.45, 2.75) is 20.3 Å². The van der Waals surface area contributed by atoms with E-state index in [-0.39, 0.29) is 18.3 Å². The molecule has 7 heteroatoms. The van der Waals surface area contributed by atoms with E-state index in [1.54, 1.807) is 12.1 Å². The Hall–Kier alpha value is -2.54. The number of hydrogen-bond donors (Lipinski definition) is 0. The molecule has 1 saturated heterocycles. The third kappa shape index (κ3) is 4.60. The van der Waals surface area contributed by atoms with Crippen LogP contribution >= 0.6 is 0 Å². The summed E-state index contributed by atoms with van der Waals surface area (Å²) in [6, 6.07) is 6.62. The zero-order valence-corrected chi connectivity index (χ0v) is 16.0. The first-order chi connectivity index (χ1) is 13.0. The van der Waals surface area contributed by atoms with Gasteiger partial charge in [0.05, 0.1) is 0 Å². The van der Waals surface area contributed by atoms with Crippen LogP contribution < -0.4 is 4.90 Å². The number of halogens is 1. The molecule has 0 aliphatic carbocycles. The summed E-state index contributed by atoms with van der Waals surface area (Å²) in [4.78, 5) is 25.2. The van der Waals surface area contributed by atoms with Gasteiger partial charge in [0.15, 0.2) is 0 Å². The molecule has 3 rings (SSSR count). The van der Waals surface area contributed by atoms with Gasteiger partial charge in [0.2, 0.25) is 5.91 Å². The Morgan fingerprint density at radius 1 is 1.19 bits per heavy atom. The quantitative estimate of drug-likeness (QED) is 0.805. The molecular formula is C20H25FN4O2. The lowest BCUT2D eigenvalue weighted by atomic mass is 10.0. The molecule has 2 heterocycles. The average Bonchev–Trinajstić information content (AvgIpc) is 2.64. The summed E-state index contributed by atoms with van der Waals surface area (Å²) >= 11 is 0. The number of aryl methyl sites for hydroxylation is 2. The first-order valence-electron chi connectivity index (χ1n) is 9.08. The molecule has 1 aromatic heterocycles. The number of anilines is 1. The number of ether oxygens (including phenoxy) is 1. The Balaban J connectivity index is 1.82. The third-order valence-electron chi connectivity index (χ3n) is 4.77. The van der Waals surface area contributed by atoms with Gasteiger partial charge in [0, 0.05) is 51.0 Å². The Bertz CT molecular complexity index is 820. The molecule has 2 aromatic rings. The van der Waals surface area contributed by atoms with Gasteiger partial charge >= 0.3 is 0 Å². The van der Waals surface area contributed by atoms with Gasteiger partial charge in [0.25, 0.3) is 0 Å². The summed E-state index contributed by atoms with van der Waals surface area (Å²) in [6.07, 6.45) is 0.571. The van der Waals surface area contributed by atoms with E-state index in [1.807, 2.05) is 24.8 Å². The predicted octanol–water partition coefficient (Wildman–Crippen LogP) is 2.12. The minimum Gasteiger partial charge on any atom is -0.375 e. The first-order valence-corrected chi connectivity index (χ1v) is 9.08. The Kier molecular flexibility index (Phi) is 6.01. The fraction of sp³-hybridized carbons (Fsp3) is 0.450. The molecule has 1 aliphatic rings. The number of methoxy groups -OCH3 is 1. The first kappa shape index (κ1) is 19.2. The summed E-state index contributed by atoms with van der Waals surface area (Å²) < 4.78 is 18.5. The minimum absolute atomic E-state index is 0.00665. The van der Waals surface area contributed by atoms with Gasteiger partial charge < -0.3 is 14.5 Å². The van der Waals surface area contributed by atoms with Crippen molar-refractivity contribution < 1.29 is 13.9 Å². The fourth-order valence-corrected chi connectivity index (χ4v) is 3.42. The van der Waals surface area contributed by atoms with Crippen molar-refractivity contribution in [3.05, 3.63) is 52.7 Å². The average molecular weight is 372 g/mol. The maximum Gasteiger partial charge on any atom is 0.248 e. The zero-order valence-electron chi connectivity index (χ0n) is 16.0. The summed E-state index contributed by atoms with van der Waals surface area (Å²) in [6.45, 7) is 6.60. The van der Waals surface area contributed by atoms with Crippen molar-refractivity contribution in [1.29, 1.82) is 0 Å². The van der Waals surface area contributed by atoms with E-state index in [0.717, 1.165) is 22.6 Å². The van der Waals surface area contributed by atoms with Crippen LogP contribution in [0.3, 0.4) is 0 Å². The smallest absolute Gasteiger partial charge is 0.248 e. The molecule has 1 amide bonds. The molecule has 6 nitrogen and oxygen atoms in total. The van der Waals surface area contributed by atoms with E-state index < -0.39 is 0 Å². The van der Waals surface area contributed by atoms with E-state index in [9.17, 15) is 9.18 Å². The van der Waals surface area contributed by atoms with Crippen LogP contribution in [0, 0.1) is 19.7 Å². The van der Waals surface area contributed by atoms with E-state index in [2.05, 4.69) is 14.9 Å². The second-order valence-electron chi connectivity index (χ2n) is 6.77. The minimum atomic E-state index is -0.245. The van der Waals surface area contributed by atoms with Crippen LogP contribution in [0.25, 0.3) is 0 Å². The predicted molar refractivity (Wildman–Crippen MR) is 101 cm³/mol. The van der Waals surface area contributed by atoms with Gasteiger partial charge in [-0.2, -0.15) is 0 Å². The van der Waals surface area contributed by atoms with Crippen molar-refractivity contribution in [2.75, 3.05) is 44.8 Å². The molecule has 1 aliphatic heterocycles. The van der Waals surface area contributed by atoms with Crippen molar-refractivity contribution >= 4 is 11.7 Å². The summed E-state index contributed by atoms with van der Waals surface area (Å²) in [5, 5.41) is 0.